The third kappa shape index (κ3) is 7.64. The molecule has 0 aliphatic carbocycles. The lowest BCUT2D eigenvalue weighted by molar-refractivity contribution is -0.217. The maximum absolute atomic E-state index is 12.9. The van der Waals surface area contributed by atoms with Crippen LogP contribution in [0.1, 0.15) is 68.4 Å². The molecule has 1 unspecified atom stereocenters. The number of carbonyl (C=O) groups excluding carboxylic acids is 2. The van der Waals surface area contributed by atoms with Crippen molar-refractivity contribution in [1.82, 2.24) is 5.32 Å². The Labute approximate surface area is 258 Å². The van der Waals surface area contributed by atoms with E-state index in [2.05, 4.69) is 5.32 Å². The van der Waals surface area contributed by atoms with E-state index in [-0.39, 0.29) is 55.3 Å². The number of methoxy groups -OCH3 is 2. The highest BCUT2D eigenvalue weighted by Crippen LogP contribution is 2.42. The van der Waals surface area contributed by atoms with Gasteiger partial charge in [-0.05, 0) is 30.4 Å². The highest BCUT2D eigenvalue weighted by molar-refractivity contribution is 5.96. The topological polar surface area (TPSA) is 204 Å². The molecule has 0 aromatic heterocycles. The Morgan fingerprint density at radius 2 is 1.80 bits per heavy atom. The standard InChI is InChI=1S/C31H49NO12/c1-14(13-33)8-22(41-6)27(38)28(39)32-29(42-7)23-12-24(37)31(4,5)25(43-23)11-19(35)16(3)21-9-17-15(2)18(34)10-20(36)26(17)30(40)44-21/h10,14,16,19,21-25,27,29,33-38H,8-9,11-13H2,1-7H3,(H,32,39)/t14?,16-,19+,21-,22+,23+,24-,25-,27+,29+/m1/s1. The number of hydrogen-bond acceptors (Lipinski definition) is 12. The summed E-state index contributed by atoms with van der Waals surface area (Å²) in [6, 6.07) is 1.10. The second-order valence-electron chi connectivity index (χ2n) is 12.8. The van der Waals surface area contributed by atoms with Gasteiger partial charge in [-0.1, -0.05) is 27.7 Å². The van der Waals surface area contributed by atoms with Crippen molar-refractivity contribution >= 4 is 11.9 Å². The third-order valence-corrected chi connectivity index (χ3v) is 9.41. The summed E-state index contributed by atoms with van der Waals surface area (Å²) in [6.45, 7) is 8.59. The predicted octanol–water partition coefficient (Wildman–Crippen LogP) is 0.903. The number of phenols is 2. The second kappa shape index (κ2) is 14.7. The fourth-order valence-electron chi connectivity index (χ4n) is 5.96. The molecule has 2 aliphatic rings. The summed E-state index contributed by atoms with van der Waals surface area (Å²) in [4.78, 5) is 25.7. The average molecular weight is 628 g/mol. The second-order valence-corrected chi connectivity index (χ2v) is 12.8. The molecule has 2 heterocycles. The summed E-state index contributed by atoms with van der Waals surface area (Å²) in [6.07, 6.45) is -7.17. The number of hydrogen-bond donors (Lipinski definition) is 7. The number of aliphatic hydroxyl groups is 4. The molecule has 13 heteroatoms. The zero-order chi connectivity index (χ0) is 33.1. The first kappa shape index (κ1) is 36.0. The number of ether oxygens (including phenoxy) is 4. The van der Waals surface area contributed by atoms with Crippen LogP contribution in [-0.2, 0) is 30.2 Å². The van der Waals surface area contributed by atoms with E-state index >= 15 is 0 Å². The number of aromatic hydroxyl groups is 2. The summed E-state index contributed by atoms with van der Waals surface area (Å²) in [5, 5.41) is 65.4. The summed E-state index contributed by atoms with van der Waals surface area (Å²) in [5.41, 5.74) is 0.0830. The first-order valence-electron chi connectivity index (χ1n) is 15.0. The van der Waals surface area contributed by atoms with E-state index in [1.54, 1.807) is 34.6 Å². The minimum absolute atomic E-state index is 0.00143. The molecule has 7 N–H and O–H groups in total. The molecule has 10 atom stereocenters. The van der Waals surface area contributed by atoms with Crippen molar-refractivity contribution in [3.63, 3.8) is 0 Å². The van der Waals surface area contributed by atoms with Crippen molar-refractivity contribution < 1.29 is 59.2 Å². The Kier molecular flexibility index (Phi) is 12.0. The molecule has 0 radical (unpaired) electrons. The van der Waals surface area contributed by atoms with Crippen molar-refractivity contribution in [3.8, 4) is 11.5 Å². The van der Waals surface area contributed by atoms with Crippen molar-refractivity contribution in [1.29, 1.82) is 0 Å². The number of nitrogens with one attached hydrogen (secondary N) is 1. The van der Waals surface area contributed by atoms with Crippen LogP contribution in [0.5, 0.6) is 11.5 Å². The molecule has 250 valence electrons. The van der Waals surface area contributed by atoms with Gasteiger partial charge in [0.1, 0.15) is 29.3 Å². The average Bonchev–Trinajstić information content (AvgIpc) is 2.98. The van der Waals surface area contributed by atoms with Crippen LogP contribution in [0.3, 0.4) is 0 Å². The number of esters is 1. The molecule has 44 heavy (non-hydrogen) atoms. The van der Waals surface area contributed by atoms with E-state index in [0.717, 1.165) is 6.07 Å². The van der Waals surface area contributed by atoms with Crippen molar-refractivity contribution in [3.05, 3.63) is 22.8 Å². The number of phenolic OH excluding ortho intramolecular Hbond substituents is 2. The normalized spacial score (nSPS) is 27.3. The molecule has 0 spiro atoms. The first-order valence-corrected chi connectivity index (χ1v) is 15.0. The Balaban J connectivity index is 1.72. The van der Waals surface area contributed by atoms with Gasteiger partial charge in [-0.15, -0.1) is 0 Å². The fraction of sp³-hybridized carbons (Fsp3) is 0.742. The van der Waals surface area contributed by atoms with Gasteiger partial charge in [-0.2, -0.15) is 0 Å². The minimum Gasteiger partial charge on any atom is -0.508 e. The quantitative estimate of drug-likeness (QED) is 0.120. The maximum atomic E-state index is 12.9. The summed E-state index contributed by atoms with van der Waals surface area (Å²) in [5.74, 6) is -2.83. The molecule has 1 aromatic carbocycles. The van der Waals surface area contributed by atoms with Crippen LogP contribution >= 0.6 is 0 Å². The molecule has 3 rings (SSSR count). The number of carbonyl (C=O) groups is 2. The van der Waals surface area contributed by atoms with Gasteiger partial charge in [0.2, 0.25) is 0 Å². The highest BCUT2D eigenvalue weighted by atomic mass is 16.6. The van der Waals surface area contributed by atoms with Gasteiger partial charge in [0, 0.05) is 57.5 Å². The number of aliphatic hydroxyl groups excluding tert-OH is 4. The van der Waals surface area contributed by atoms with Crippen LogP contribution in [0.15, 0.2) is 6.07 Å². The number of rotatable bonds is 13. The zero-order valence-corrected chi connectivity index (χ0v) is 26.5. The fourth-order valence-corrected chi connectivity index (χ4v) is 5.96. The number of fused-ring (bicyclic) bond motifs is 1. The summed E-state index contributed by atoms with van der Waals surface area (Å²) in [7, 11) is 2.72. The van der Waals surface area contributed by atoms with Gasteiger partial charge in [0.15, 0.2) is 12.3 Å². The van der Waals surface area contributed by atoms with E-state index in [0.29, 0.717) is 11.1 Å². The molecule has 0 bridgehead atoms. The molecule has 1 saturated heterocycles. The minimum atomic E-state index is -1.55. The lowest BCUT2D eigenvalue weighted by atomic mass is 9.73. The van der Waals surface area contributed by atoms with Gasteiger partial charge in [0.25, 0.3) is 5.91 Å². The van der Waals surface area contributed by atoms with Crippen LogP contribution < -0.4 is 5.32 Å². The zero-order valence-electron chi connectivity index (χ0n) is 26.5. The largest absolute Gasteiger partial charge is 0.508 e. The monoisotopic (exact) mass is 627 g/mol. The molecule has 1 aromatic rings. The van der Waals surface area contributed by atoms with Gasteiger partial charge in [-0.3, -0.25) is 4.79 Å². The van der Waals surface area contributed by atoms with E-state index < -0.39 is 72.2 Å². The predicted molar refractivity (Wildman–Crippen MR) is 157 cm³/mol. The van der Waals surface area contributed by atoms with Crippen LogP contribution in [-0.4, -0.2) is 112 Å². The van der Waals surface area contributed by atoms with Crippen molar-refractivity contribution in [2.45, 2.75) is 109 Å². The van der Waals surface area contributed by atoms with Gasteiger partial charge < -0.3 is 54.9 Å². The smallest absolute Gasteiger partial charge is 0.342 e. The van der Waals surface area contributed by atoms with E-state index in [9.17, 15) is 40.2 Å². The van der Waals surface area contributed by atoms with E-state index in [4.69, 9.17) is 18.9 Å². The Bertz CT molecular complexity index is 1160. The van der Waals surface area contributed by atoms with Crippen molar-refractivity contribution in [2.75, 3.05) is 20.8 Å². The maximum Gasteiger partial charge on any atom is 0.342 e. The first-order chi connectivity index (χ1) is 20.6. The van der Waals surface area contributed by atoms with Crippen LogP contribution in [0.4, 0.5) is 0 Å². The number of cyclic esters (lactones) is 1. The van der Waals surface area contributed by atoms with Gasteiger partial charge >= 0.3 is 5.97 Å². The Morgan fingerprint density at radius 1 is 1.14 bits per heavy atom. The number of benzene rings is 1. The third-order valence-electron chi connectivity index (χ3n) is 9.41. The molecule has 2 aliphatic heterocycles. The van der Waals surface area contributed by atoms with Crippen LogP contribution in [0.25, 0.3) is 0 Å². The van der Waals surface area contributed by atoms with Crippen LogP contribution in [0.2, 0.25) is 0 Å². The lowest BCUT2D eigenvalue weighted by Gasteiger charge is -2.48. The Morgan fingerprint density at radius 3 is 2.39 bits per heavy atom. The van der Waals surface area contributed by atoms with E-state index in [1.165, 1.54) is 14.2 Å². The molecule has 13 nitrogen and oxygen atoms in total. The Hall–Kier alpha value is -2.52. The highest BCUT2D eigenvalue weighted by Gasteiger charge is 2.48. The summed E-state index contributed by atoms with van der Waals surface area (Å²) < 4.78 is 22.7. The SMILES string of the molecule is CO[C@@H](CC(C)CO)[C@H](O)C(=O)N[C@@H](OC)[C@@H]1C[C@@H](O)C(C)(C)[C@@H](C[C@H](O)[C@@H](C)[C@H]2Cc3c(C)c(O)cc(O)c3C(=O)O2)O1. The van der Waals surface area contributed by atoms with Gasteiger partial charge in [0.05, 0.1) is 24.4 Å². The molecular formula is C31H49NO12. The van der Waals surface area contributed by atoms with Crippen LogP contribution in [0, 0.1) is 24.2 Å². The molecule has 1 amide bonds. The summed E-state index contributed by atoms with van der Waals surface area (Å²) >= 11 is 0. The molecule has 1 fully saturated rings. The number of amides is 1. The lowest BCUT2D eigenvalue weighted by Crippen LogP contribution is -2.59. The van der Waals surface area contributed by atoms with Gasteiger partial charge in [-0.25, -0.2) is 4.79 Å². The molecular weight excluding hydrogens is 578 g/mol. The van der Waals surface area contributed by atoms with Crippen molar-refractivity contribution in [2.24, 2.45) is 17.3 Å². The van der Waals surface area contributed by atoms with E-state index in [1.807, 2.05) is 0 Å². The molecule has 0 saturated carbocycles.